The van der Waals surface area contributed by atoms with Gasteiger partial charge in [-0.3, -0.25) is 4.79 Å². The maximum absolute atomic E-state index is 12.4. The summed E-state index contributed by atoms with van der Waals surface area (Å²) in [7, 11) is 0. The summed E-state index contributed by atoms with van der Waals surface area (Å²) in [6.07, 6.45) is 0.915. The Bertz CT molecular complexity index is 555. The molecule has 0 saturated carbocycles. The fourth-order valence-electron chi connectivity index (χ4n) is 2.05. The second kappa shape index (κ2) is 4.73. The third-order valence-corrected chi connectivity index (χ3v) is 3.40. The summed E-state index contributed by atoms with van der Waals surface area (Å²) < 4.78 is 3.75. The van der Waals surface area contributed by atoms with Gasteiger partial charge in [-0.15, -0.1) is 5.10 Å². The lowest BCUT2D eigenvalue weighted by Gasteiger charge is -2.21. The van der Waals surface area contributed by atoms with Crippen molar-refractivity contribution < 1.29 is 4.79 Å². The molecule has 2 heterocycles. The number of anilines is 2. The Morgan fingerprint density at radius 2 is 2.28 bits per heavy atom. The van der Waals surface area contributed by atoms with Gasteiger partial charge in [0.2, 0.25) is 0 Å². The molecule has 0 spiro atoms. The highest BCUT2D eigenvalue weighted by Crippen LogP contribution is 2.28. The molecule has 2 aromatic rings. The molecule has 0 aliphatic carbocycles. The van der Waals surface area contributed by atoms with Gasteiger partial charge in [-0.2, -0.15) is 0 Å². The SMILES string of the molecule is O=C(c1csnn1)N1CCCNc2ccccc21. The van der Waals surface area contributed by atoms with Crippen LogP contribution in [0.4, 0.5) is 11.4 Å². The van der Waals surface area contributed by atoms with Gasteiger partial charge in [-0.25, -0.2) is 0 Å². The molecular weight excluding hydrogens is 248 g/mol. The van der Waals surface area contributed by atoms with Gasteiger partial charge in [0.15, 0.2) is 5.69 Å². The lowest BCUT2D eigenvalue weighted by atomic mass is 10.2. The van der Waals surface area contributed by atoms with Crippen LogP contribution in [-0.2, 0) is 0 Å². The van der Waals surface area contributed by atoms with Gasteiger partial charge in [-0.05, 0) is 30.1 Å². The minimum absolute atomic E-state index is 0.0834. The van der Waals surface area contributed by atoms with Gasteiger partial charge < -0.3 is 10.2 Å². The monoisotopic (exact) mass is 260 g/mol. The second-order valence-electron chi connectivity index (χ2n) is 4.04. The van der Waals surface area contributed by atoms with E-state index >= 15 is 0 Å². The number of aromatic nitrogens is 2. The summed E-state index contributed by atoms with van der Waals surface area (Å²) in [4.78, 5) is 14.1. The summed E-state index contributed by atoms with van der Waals surface area (Å²) >= 11 is 1.19. The Hall–Kier alpha value is -1.95. The van der Waals surface area contributed by atoms with E-state index in [1.807, 2.05) is 24.3 Å². The minimum Gasteiger partial charge on any atom is -0.383 e. The van der Waals surface area contributed by atoms with E-state index in [2.05, 4.69) is 14.9 Å². The van der Waals surface area contributed by atoms with Crippen molar-refractivity contribution in [3.63, 3.8) is 0 Å². The number of para-hydroxylation sites is 2. The number of hydrogen-bond acceptors (Lipinski definition) is 5. The molecule has 6 heteroatoms. The van der Waals surface area contributed by atoms with Gasteiger partial charge in [0, 0.05) is 18.5 Å². The standard InChI is InChI=1S/C12H12N4OS/c17-12(10-8-18-15-14-10)16-7-3-6-13-9-4-1-2-5-11(9)16/h1-2,4-5,8,13H,3,6-7H2. The number of amides is 1. The minimum atomic E-state index is -0.0834. The van der Waals surface area contributed by atoms with Crippen LogP contribution in [0.3, 0.4) is 0 Å². The van der Waals surface area contributed by atoms with Crippen molar-refractivity contribution in [2.75, 3.05) is 23.3 Å². The zero-order valence-electron chi connectivity index (χ0n) is 9.67. The third kappa shape index (κ3) is 1.95. The topological polar surface area (TPSA) is 58.1 Å². The number of hydrogen-bond donors (Lipinski definition) is 1. The predicted octanol–water partition coefficient (Wildman–Crippen LogP) is 2.00. The van der Waals surface area contributed by atoms with Crippen molar-refractivity contribution in [3.05, 3.63) is 35.3 Å². The molecule has 0 unspecified atom stereocenters. The molecule has 3 rings (SSSR count). The smallest absolute Gasteiger partial charge is 0.279 e. The summed E-state index contributed by atoms with van der Waals surface area (Å²) in [5.74, 6) is -0.0834. The molecule has 1 amide bonds. The van der Waals surface area contributed by atoms with Crippen molar-refractivity contribution in [2.45, 2.75) is 6.42 Å². The number of nitrogens with zero attached hydrogens (tertiary/aromatic N) is 3. The van der Waals surface area contributed by atoms with Crippen molar-refractivity contribution >= 4 is 28.8 Å². The van der Waals surface area contributed by atoms with Crippen LogP contribution in [0.5, 0.6) is 0 Å². The first-order valence-electron chi connectivity index (χ1n) is 5.78. The molecule has 1 aromatic heterocycles. The highest BCUT2D eigenvalue weighted by Gasteiger charge is 2.23. The molecular formula is C12H12N4OS. The van der Waals surface area contributed by atoms with Gasteiger partial charge in [0.05, 0.1) is 11.4 Å². The number of carbonyl (C=O) groups excluding carboxylic acids is 1. The molecule has 0 atom stereocenters. The van der Waals surface area contributed by atoms with Crippen LogP contribution in [0.2, 0.25) is 0 Å². The van der Waals surface area contributed by atoms with E-state index < -0.39 is 0 Å². The Morgan fingerprint density at radius 3 is 3.11 bits per heavy atom. The zero-order valence-corrected chi connectivity index (χ0v) is 10.5. The molecule has 1 N–H and O–H groups in total. The Kier molecular flexibility index (Phi) is 2.93. The largest absolute Gasteiger partial charge is 0.383 e. The summed E-state index contributed by atoms with van der Waals surface area (Å²) in [6, 6.07) is 7.83. The molecule has 5 nitrogen and oxygen atoms in total. The summed E-state index contributed by atoms with van der Waals surface area (Å²) in [6.45, 7) is 1.57. The van der Waals surface area contributed by atoms with E-state index in [1.165, 1.54) is 11.5 Å². The fraction of sp³-hybridized carbons (Fsp3) is 0.250. The average Bonchev–Trinajstić information content (AvgIpc) is 2.85. The van der Waals surface area contributed by atoms with Crippen molar-refractivity contribution in [3.8, 4) is 0 Å². The van der Waals surface area contributed by atoms with Crippen LogP contribution < -0.4 is 10.2 Å². The summed E-state index contributed by atoms with van der Waals surface area (Å²) in [5.41, 5.74) is 2.32. The number of fused-ring (bicyclic) bond motifs is 1. The second-order valence-corrected chi connectivity index (χ2v) is 4.65. The molecule has 1 aromatic carbocycles. The van der Waals surface area contributed by atoms with E-state index in [4.69, 9.17) is 0 Å². The van der Waals surface area contributed by atoms with E-state index in [9.17, 15) is 4.79 Å². The molecule has 0 bridgehead atoms. The maximum Gasteiger partial charge on any atom is 0.279 e. The first-order valence-corrected chi connectivity index (χ1v) is 6.62. The summed E-state index contributed by atoms with van der Waals surface area (Å²) in [5, 5.41) is 8.86. The van der Waals surface area contributed by atoms with Crippen LogP contribution in [0, 0.1) is 0 Å². The number of nitrogens with one attached hydrogen (secondary N) is 1. The molecule has 18 heavy (non-hydrogen) atoms. The van der Waals surface area contributed by atoms with Crippen molar-refractivity contribution in [1.29, 1.82) is 0 Å². The van der Waals surface area contributed by atoms with E-state index in [-0.39, 0.29) is 5.91 Å². The number of carbonyl (C=O) groups is 1. The lowest BCUT2D eigenvalue weighted by Crippen LogP contribution is -2.31. The molecule has 92 valence electrons. The van der Waals surface area contributed by atoms with Crippen molar-refractivity contribution in [1.82, 2.24) is 9.59 Å². The highest BCUT2D eigenvalue weighted by molar-refractivity contribution is 7.03. The number of benzene rings is 1. The Morgan fingerprint density at radius 1 is 1.39 bits per heavy atom. The molecule has 0 fully saturated rings. The Balaban J connectivity index is 1.99. The normalized spacial score (nSPS) is 14.6. The van der Waals surface area contributed by atoms with Gasteiger partial charge >= 0.3 is 0 Å². The molecule has 0 radical (unpaired) electrons. The quantitative estimate of drug-likeness (QED) is 0.852. The van der Waals surface area contributed by atoms with Crippen LogP contribution in [0.25, 0.3) is 0 Å². The van der Waals surface area contributed by atoms with Gasteiger partial charge in [0.25, 0.3) is 5.91 Å². The third-order valence-electron chi connectivity index (χ3n) is 2.89. The molecule has 1 aliphatic heterocycles. The van der Waals surface area contributed by atoms with E-state index in [0.717, 1.165) is 24.3 Å². The van der Waals surface area contributed by atoms with Crippen LogP contribution in [-0.4, -0.2) is 28.6 Å². The molecule has 0 saturated heterocycles. The predicted molar refractivity (Wildman–Crippen MR) is 71.1 cm³/mol. The lowest BCUT2D eigenvalue weighted by molar-refractivity contribution is 0.0982. The molecule has 1 aliphatic rings. The first-order chi connectivity index (χ1) is 8.86. The zero-order chi connectivity index (χ0) is 12.4. The van der Waals surface area contributed by atoms with E-state index in [0.29, 0.717) is 12.2 Å². The highest BCUT2D eigenvalue weighted by atomic mass is 32.1. The van der Waals surface area contributed by atoms with Gasteiger partial charge in [-0.1, -0.05) is 16.6 Å². The van der Waals surface area contributed by atoms with Crippen molar-refractivity contribution in [2.24, 2.45) is 0 Å². The van der Waals surface area contributed by atoms with Crippen LogP contribution in [0.1, 0.15) is 16.9 Å². The fourth-order valence-corrected chi connectivity index (χ4v) is 2.48. The van der Waals surface area contributed by atoms with Crippen LogP contribution in [0.15, 0.2) is 29.6 Å². The number of rotatable bonds is 1. The maximum atomic E-state index is 12.4. The van der Waals surface area contributed by atoms with Gasteiger partial charge in [0.1, 0.15) is 0 Å². The van der Waals surface area contributed by atoms with E-state index in [1.54, 1.807) is 10.3 Å². The average molecular weight is 260 g/mol. The first kappa shape index (κ1) is 11.2. The Labute approximate surface area is 109 Å². The van der Waals surface area contributed by atoms with Crippen LogP contribution >= 0.6 is 11.5 Å².